The van der Waals surface area contributed by atoms with Crippen LogP contribution in [-0.4, -0.2) is 34.0 Å². The average Bonchev–Trinajstić information content (AvgIpc) is 2.68. The van der Waals surface area contributed by atoms with E-state index in [2.05, 4.69) is 38.9 Å². The maximum Gasteiger partial charge on any atom is 0.226 e. The van der Waals surface area contributed by atoms with Crippen molar-refractivity contribution >= 4 is 46.1 Å². The number of amides is 1. The van der Waals surface area contributed by atoms with Crippen LogP contribution in [0.25, 0.3) is 10.9 Å². The number of aromatic nitrogens is 2. The number of nitrogens with zero attached hydrogens (tertiary/aromatic N) is 2. The van der Waals surface area contributed by atoms with E-state index in [1.54, 1.807) is 11.8 Å². The molecule has 8 heteroatoms. The van der Waals surface area contributed by atoms with Gasteiger partial charge < -0.3 is 10.6 Å². The number of carbonyl (C=O) groups excluding carboxylic acids is 1. The van der Waals surface area contributed by atoms with Crippen LogP contribution in [0.15, 0.2) is 47.4 Å². The van der Waals surface area contributed by atoms with Crippen LogP contribution < -0.4 is 16.0 Å². The molecule has 2 heterocycles. The number of rotatable bonds is 5. The molecule has 0 radical (unpaired) electrons. The zero-order chi connectivity index (χ0) is 20.4. The van der Waals surface area contributed by atoms with Crippen molar-refractivity contribution in [2.24, 2.45) is 0 Å². The summed E-state index contributed by atoms with van der Waals surface area (Å²) in [6, 6.07) is 13.8. The fourth-order valence-corrected chi connectivity index (χ4v) is 4.34. The van der Waals surface area contributed by atoms with E-state index < -0.39 is 6.29 Å². The maximum absolute atomic E-state index is 12.2. The summed E-state index contributed by atoms with van der Waals surface area (Å²) in [5.41, 5.74) is 2.95. The molecule has 29 heavy (non-hydrogen) atoms. The van der Waals surface area contributed by atoms with Gasteiger partial charge in [-0.1, -0.05) is 23.2 Å². The highest BCUT2D eigenvalue weighted by molar-refractivity contribution is 7.99. The van der Waals surface area contributed by atoms with Crippen LogP contribution in [0.4, 0.5) is 5.95 Å². The van der Waals surface area contributed by atoms with Gasteiger partial charge in [-0.25, -0.2) is 9.97 Å². The van der Waals surface area contributed by atoms with Crippen LogP contribution in [-0.2, 0) is 4.79 Å². The molecule has 1 aliphatic rings. The quantitative estimate of drug-likeness (QED) is 0.536. The molecule has 150 valence electrons. The molecule has 0 saturated carbocycles. The second kappa shape index (κ2) is 8.57. The second-order valence-electron chi connectivity index (χ2n) is 7.13. The minimum atomic E-state index is -0.422. The van der Waals surface area contributed by atoms with Crippen molar-refractivity contribution in [2.45, 2.75) is 37.5 Å². The standard InChI is InChI=1S/C21H22ClN5OS/c1-12-3-8-18-17(9-12)13(2)23-20(25-18)27-21-24-15(10-19(28)26-21)11-29-16-6-4-14(22)5-7-16/h3-9,15,21,24H,10-11H2,1-2H3,(H,26,28)(H,23,25,27). The smallest absolute Gasteiger partial charge is 0.226 e. The van der Waals surface area contributed by atoms with Crippen molar-refractivity contribution in [2.75, 3.05) is 11.1 Å². The summed E-state index contributed by atoms with van der Waals surface area (Å²) >= 11 is 7.63. The van der Waals surface area contributed by atoms with Gasteiger partial charge in [-0.2, -0.15) is 0 Å². The van der Waals surface area contributed by atoms with E-state index in [4.69, 9.17) is 11.6 Å². The fourth-order valence-electron chi connectivity index (χ4n) is 3.28. The highest BCUT2D eigenvalue weighted by atomic mass is 35.5. The van der Waals surface area contributed by atoms with Gasteiger partial charge in [0.1, 0.15) is 0 Å². The van der Waals surface area contributed by atoms with Crippen LogP contribution in [0.5, 0.6) is 0 Å². The summed E-state index contributed by atoms with van der Waals surface area (Å²) in [4.78, 5) is 22.5. The Balaban J connectivity index is 1.43. The molecule has 1 amide bonds. The van der Waals surface area contributed by atoms with Gasteiger partial charge in [-0.05, 0) is 50.2 Å². The van der Waals surface area contributed by atoms with Gasteiger partial charge in [0.25, 0.3) is 0 Å². The molecule has 2 aromatic carbocycles. The van der Waals surface area contributed by atoms with E-state index in [-0.39, 0.29) is 11.9 Å². The summed E-state index contributed by atoms with van der Waals surface area (Å²) in [5.74, 6) is 1.25. The van der Waals surface area contributed by atoms with E-state index in [1.165, 1.54) is 5.56 Å². The molecule has 2 atom stereocenters. The number of fused-ring (bicyclic) bond motifs is 1. The Labute approximate surface area is 178 Å². The molecule has 1 aliphatic heterocycles. The molecule has 3 aromatic rings. The lowest BCUT2D eigenvalue weighted by atomic mass is 10.1. The number of hydrogen-bond acceptors (Lipinski definition) is 6. The number of halogens is 1. The molecule has 0 bridgehead atoms. The minimum absolute atomic E-state index is 0.00362. The van der Waals surface area contributed by atoms with E-state index in [0.29, 0.717) is 12.4 Å². The normalized spacial score (nSPS) is 19.2. The van der Waals surface area contributed by atoms with Gasteiger partial charge in [0.2, 0.25) is 11.9 Å². The lowest BCUT2D eigenvalue weighted by Crippen LogP contribution is -2.60. The molecule has 0 spiro atoms. The monoisotopic (exact) mass is 427 g/mol. The molecular formula is C21H22ClN5OS. The van der Waals surface area contributed by atoms with Crippen molar-refractivity contribution in [3.63, 3.8) is 0 Å². The number of aryl methyl sites for hydroxylation is 2. The summed E-state index contributed by atoms with van der Waals surface area (Å²) in [6.07, 6.45) is 0.00436. The van der Waals surface area contributed by atoms with E-state index in [0.717, 1.165) is 32.3 Å². The van der Waals surface area contributed by atoms with E-state index in [1.807, 2.05) is 43.3 Å². The van der Waals surface area contributed by atoms with Crippen molar-refractivity contribution < 1.29 is 4.79 Å². The molecule has 3 N–H and O–H groups in total. The van der Waals surface area contributed by atoms with Crippen molar-refractivity contribution in [1.82, 2.24) is 20.6 Å². The van der Waals surface area contributed by atoms with Gasteiger partial charge in [-0.15, -0.1) is 11.8 Å². The number of carbonyl (C=O) groups is 1. The predicted octanol–water partition coefficient (Wildman–Crippen LogP) is 3.87. The van der Waals surface area contributed by atoms with E-state index >= 15 is 0 Å². The van der Waals surface area contributed by atoms with Gasteiger partial charge in [0.15, 0.2) is 6.29 Å². The third-order valence-corrected chi connectivity index (χ3v) is 6.15. The van der Waals surface area contributed by atoms with Gasteiger partial charge in [-0.3, -0.25) is 10.1 Å². The first-order valence-electron chi connectivity index (χ1n) is 9.41. The second-order valence-corrected chi connectivity index (χ2v) is 8.66. The molecule has 0 aliphatic carbocycles. The SMILES string of the molecule is Cc1ccc2nc(NC3NC(=O)CC(CSc4ccc(Cl)cc4)N3)nc(C)c2c1. The van der Waals surface area contributed by atoms with Gasteiger partial charge in [0, 0.05) is 33.5 Å². The summed E-state index contributed by atoms with van der Waals surface area (Å²) in [5, 5.41) is 11.3. The first-order valence-corrected chi connectivity index (χ1v) is 10.8. The zero-order valence-corrected chi connectivity index (χ0v) is 17.8. The van der Waals surface area contributed by atoms with Crippen LogP contribution in [0.1, 0.15) is 17.7 Å². The van der Waals surface area contributed by atoms with Crippen molar-refractivity contribution in [3.8, 4) is 0 Å². The lowest BCUT2D eigenvalue weighted by Gasteiger charge is -2.32. The highest BCUT2D eigenvalue weighted by Gasteiger charge is 2.26. The Morgan fingerprint density at radius 1 is 1.17 bits per heavy atom. The third kappa shape index (κ3) is 4.98. The first kappa shape index (κ1) is 19.9. The van der Waals surface area contributed by atoms with Crippen LogP contribution >= 0.6 is 23.4 Å². The Hall–Kier alpha value is -2.35. The van der Waals surface area contributed by atoms with E-state index in [9.17, 15) is 4.79 Å². The average molecular weight is 428 g/mol. The number of benzene rings is 2. The Kier molecular flexibility index (Phi) is 5.89. The Morgan fingerprint density at radius 2 is 1.97 bits per heavy atom. The zero-order valence-electron chi connectivity index (χ0n) is 16.2. The first-order chi connectivity index (χ1) is 14.0. The number of anilines is 1. The van der Waals surface area contributed by atoms with Crippen molar-refractivity contribution in [1.29, 1.82) is 0 Å². The van der Waals surface area contributed by atoms with Gasteiger partial charge in [0.05, 0.1) is 11.2 Å². The van der Waals surface area contributed by atoms with Crippen LogP contribution in [0.2, 0.25) is 5.02 Å². The highest BCUT2D eigenvalue weighted by Crippen LogP contribution is 2.23. The topological polar surface area (TPSA) is 78.9 Å². The fraction of sp³-hybridized carbons (Fsp3) is 0.286. The molecule has 1 saturated heterocycles. The lowest BCUT2D eigenvalue weighted by molar-refractivity contribution is -0.123. The third-order valence-electron chi connectivity index (χ3n) is 4.72. The van der Waals surface area contributed by atoms with Crippen LogP contribution in [0, 0.1) is 13.8 Å². The minimum Gasteiger partial charge on any atom is -0.323 e. The summed E-state index contributed by atoms with van der Waals surface area (Å²) in [6.45, 7) is 4.02. The number of thioether (sulfide) groups is 1. The molecule has 2 unspecified atom stereocenters. The number of hydrogen-bond donors (Lipinski definition) is 3. The van der Waals surface area contributed by atoms with Gasteiger partial charge >= 0.3 is 0 Å². The largest absolute Gasteiger partial charge is 0.323 e. The maximum atomic E-state index is 12.2. The molecule has 1 fully saturated rings. The number of nitrogens with one attached hydrogen (secondary N) is 3. The predicted molar refractivity (Wildman–Crippen MR) is 118 cm³/mol. The molecular weight excluding hydrogens is 406 g/mol. The molecule has 4 rings (SSSR count). The summed E-state index contributed by atoms with van der Waals surface area (Å²) in [7, 11) is 0. The summed E-state index contributed by atoms with van der Waals surface area (Å²) < 4.78 is 0. The molecule has 6 nitrogen and oxygen atoms in total. The molecule has 1 aromatic heterocycles. The van der Waals surface area contributed by atoms with Crippen molar-refractivity contribution in [3.05, 3.63) is 58.7 Å². The Bertz CT molecular complexity index is 1040. The Morgan fingerprint density at radius 3 is 2.76 bits per heavy atom. The van der Waals surface area contributed by atoms with Crippen LogP contribution in [0.3, 0.4) is 0 Å².